The number of fused-ring (bicyclic) bond motifs is 1. The molecule has 0 saturated heterocycles. The normalized spacial score (nSPS) is 12.1. The van der Waals surface area contributed by atoms with Gasteiger partial charge in [-0.25, -0.2) is 4.98 Å². The summed E-state index contributed by atoms with van der Waals surface area (Å²) < 4.78 is 18.1. The third kappa shape index (κ3) is 4.61. The Morgan fingerprint density at radius 3 is 2.70 bits per heavy atom. The van der Waals surface area contributed by atoms with Crippen molar-refractivity contribution in [2.75, 3.05) is 25.6 Å². The fourth-order valence-corrected chi connectivity index (χ4v) is 4.62. The molecule has 0 aliphatic rings. The Kier molecular flexibility index (Phi) is 7.02. The number of Topliss-reactive ketones (excluding diaryl/α,β-unsaturated/α-hetero) is 1. The molecule has 158 valence electrons. The minimum Gasteiger partial charge on any atom is -0.383 e. The maximum absolute atomic E-state index is 13.1. The van der Waals surface area contributed by atoms with Gasteiger partial charge in [-0.3, -0.25) is 13.8 Å². The van der Waals surface area contributed by atoms with Crippen LogP contribution in [0.4, 0.5) is 5.82 Å². The Labute approximate surface area is 181 Å². The van der Waals surface area contributed by atoms with Gasteiger partial charge in [-0.15, -0.1) is 0 Å². The Morgan fingerprint density at radius 1 is 1.30 bits per heavy atom. The van der Waals surface area contributed by atoms with E-state index >= 15 is 0 Å². The quantitative estimate of drug-likeness (QED) is 0.405. The van der Waals surface area contributed by atoms with Crippen LogP contribution in [-0.4, -0.2) is 40.2 Å². The second kappa shape index (κ2) is 9.51. The fourth-order valence-electron chi connectivity index (χ4n) is 3.08. The third-order valence-corrected chi connectivity index (χ3v) is 6.27. The third-order valence-electron chi connectivity index (χ3n) is 4.60. The van der Waals surface area contributed by atoms with Crippen LogP contribution in [0.3, 0.4) is 0 Å². The van der Waals surface area contributed by atoms with Crippen molar-refractivity contribution >= 4 is 44.9 Å². The lowest BCUT2D eigenvalue weighted by Crippen LogP contribution is -2.20. The van der Waals surface area contributed by atoms with E-state index in [1.54, 1.807) is 37.6 Å². The number of aryl methyl sites for hydroxylation is 1. The SMILES string of the molecule is COCCNc1ccc(CS(=O)c2[nH]c3c(C)ccc(Cl)c3c(=O)c2C(C)=O)cn1. The van der Waals surface area contributed by atoms with Crippen LogP contribution in [-0.2, 0) is 21.3 Å². The molecule has 1 unspecified atom stereocenters. The van der Waals surface area contributed by atoms with Crippen LogP contribution < -0.4 is 10.7 Å². The van der Waals surface area contributed by atoms with Crippen molar-refractivity contribution in [3.8, 4) is 0 Å². The highest BCUT2D eigenvalue weighted by Crippen LogP contribution is 2.25. The van der Waals surface area contributed by atoms with E-state index in [0.29, 0.717) is 30.0 Å². The van der Waals surface area contributed by atoms with Crippen LogP contribution in [0.2, 0.25) is 5.02 Å². The zero-order valence-corrected chi connectivity index (χ0v) is 18.4. The van der Waals surface area contributed by atoms with Gasteiger partial charge in [0.15, 0.2) is 5.78 Å². The minimum atomic E-state index is -1.66. The largest absolute Gasteiger partial charge is 0.383 e. The first-order valence-corrected chi connectivity index (χ1v) is 10.9. The number of carbonyl (C=O) groups excluding carboxylic acids is 1. The van der Waals surface area contributed by atoms with E-state index in [-0.39, 0.29) is 26.8 Å². The number of anilines is 1. The molecule has 7 nitrogen and oxygen atoms in total. The van der Waals surface area contributed by atoms with Gasteiger partial charge in [0.1, 0.15) is 10.8 Å². The average molecular weight is 448 g/mol. The summed E-state index contributed by atoms with van der Waals surface area (Å²) in [6, 6.07) is 6.96. The van der Waals surface area contributed by atoms with Gasteiger partial charge in [0.05, 0.1) is 44.6 Å². The highest BCUT2D eigenvalue weighted by Gasteiger charge is 2.22. The maximum atomic E-state index is 13.1. The number of carbonyl (C=O) groups is 1. The molecule has 2 heterocycles. The van der Waals surface area contributed by atoms with Crippen molar-refractivity contribution in [3.63, 3.8) is 0 Å². The summed E-state index contributed by atoms with van der Waals surface area (Å²) >= 11 is 6.20. The van der Waals surface area contributed by atoms with Crippen molar-refractivity contribution < 1.29 is 13.7 Å². The van der Waals surface area contributed by atoms with Gasteiger partial charge in [0, 0.05) is 19.9 Å². The van der Waals surface area contributed by atoms with Crippen LogP contribution in [0.25, 0.3) is 10.9 Å². The number of halogens is 1. The van der Waals surface area contributed by atoms with Gasteiger partial charge in [0.25, 0.3) is 0 Å². The molecule has 0 fully saturated rings. The molecule has 0 bridgehead atoms. The lowest BCUT2D eigenvalue weighted by molar-refractivity contribution is 0.101. The molecule has 2 N–H and O–H groups in total. The van der Waals surface area contributed by atoms with E-state index in [9.17, 15) is 13.8 Å². The number of rotatable bonds is 8. The van der Waals surface area contributed by atoms with Crippen LogP contribution in [0, 0.1) is 6.92 Å². The number of aromatic nitrogens is 2. The van der Waals surface area contributed by atoms with Gasteiger partial charge in [0.2, 0.25) is 5.43 Å². The highest BCUT2D eigenvalue weighted by molar-refractivity contribution is 7.84. The van der Waals surface area contributed by atoms with E-state index < -0.39 is 22.0 Å². The molecule has 3 rings (SSSR count). The number of benzene rings is 1. The first kappa shape index (κ1) is 22.1. The van der Waals surface area contributed by atoms with Gasteiger partial charge >= 0.3 is 0 Å². The van der Waals surface area contributed by atoms with Crippen LogP contribution in [0.15, 0.2) is 40.3 Å². The Hall–Kier alpha value is -2.55. The lowest BCUT2D eigenvalue weighted by atomic mass is 10.1. The first-order valence-electron chi connectivity index (χ1n) is 9.25. The molecule has 30 heavy (non-hydrogen) atoms. The molecule has 9 heteroatoms. The molecule has 1 atom stereocenters. The number of aromatic amines is 1. The number of methoxy groups -OCH3 is 1. The fraction of sp³-hybridized carbons (Fsp3) is 0.286. The van der Waals surface area contributed by atoms with Gasteiger partial charge in [-0.05, 0) is 37.1 Å². The van der Waals surface area contributed by atoms with Gasteiger partial charge in [-0.1, -0.05) is 23.7 Å². The molecule has 0 saturated carbocycles. The zero-order chi connectivity index (χ0) is 21.8. The number of ether oxygens (including phenoxy) is 1. The predicted molar refractivity (Wildman–Crippen MR) is 119 cm³/mol. The van der Waals surface area contributed by atoms with Crippen LogP contribution >= 0.6 is 11.6 Å². The predicted octanol–water partition coefficient (Wildman–Crippen LogP) is 3.45. The molecule has 0 radical (unpaired) electrons. The van der Waals surface area contributed by atoms with E-state index in [1.807, 2.05) is 6.92 Å². The molecule has 0 aliphatic carbocycles. The summed E-state index contributed by atoms with van der Waals surface area (Å²) in [5.74, 6) is 0.317. The smallest absolute Gasteiger partial charge is 0.202 e. The first-order chi connectivity index (χ1) is 14.3. The van der Waals surface area contributed by atoms with Gasteiger partial charge < -0.3 is 15.0 Å². The van der Waals surface area contributed by atoms with E-state index in [1.165, 1.54) is 6.92 Å². The maximum Gasteiger partial charge on any atom is 0.202 e. The summed E-state index contributed by atoms with van der Waals surface area (Å²) in [6.45, 7) is 4.27. The number of nitrogens with zero attached hydrogens (tertiary/aromatic N) is 1. The summed E-state index contributed by atoms with van der Waals surface area (Å²) in [5, 5.41) is 3.69. The Morgan fingerprint density at radius 2 is 2.07 bits per heavy atom. The lowest BCUT2D eigenvalue weighted by Gasteiger charge is -2.12. The summed E-state index contributed by atoms with van der Waals surface area (Å²) in [5.41, 5.74) is 1.33. The number of ketones is 1. The summed E-state index contributed by atoms with van der Waals surface area (Å²) in [7, 11) is -0.0405. The monoisotopic (exact) mass is 447 g/mol. The molecule has 2 aromatic heterocycles. The Balaban J connectivity index is 1.96. The second-order valence-electron chi connectivity index (χ2n) is 6.79. The summed E-state index contributed by atoms with van der Waals surface area (Å²) in [4.78, 5) is 32.6. The van der Waals surface area contributed by atoms with Crippen molar-refractivity contribution in [1.29, 1.82) is 0 Å². The molecule has 3 aromatic rings. The topological polar surface area (TPSA) is 101 Å². The van der Waals surface area contributed by atoms with Crippen LogP contribution in [0.5, 0.6) is 0 Å². The number of hydrogen-bond acceptors (Lipinski definition) is 6. The van der Waals surface area contributed by atoms with Crippen molar-refractivity contribution in [2.24, 2.45) is 0 Å². The number of nitrogens with one attached hydrogen (secondary N) is 2. The number of H-pyrrole nitrogens is 1. The molecule has 0 aliphatic heterocycles. The summed E-state index contributed by atoms with van der Waals surface area (Å²) in [6.07, 6.45) is 1.61. The van der Waals surface area contributed by atoms with E-state index in [0.717, 1.165) is 5.56 Å². The van der Waals surface area contributed by atoms with Gasteiger partial charge in [-0.2, -0.15) is 0 Å². The average Bonchev–Trinajstić information content (AvgIpc) is 2.71. The molecule has 0 spiro atoms. The molecule has 1 aromatic carbocycles. The van der Waals surface area contributed by atoms with E-state index in [4.69, 9.17) is 16.3 Å². The standard InChI is InChI=1S/C21H22ClN3O4S/c1-12-4-6-15(22)18-19(12)25-21(17(13(2)26)20(18)27)30(28)11-14-5-7-16(24-10-14)23-8-9-29-3/h4-7,10H,8-9,11H2,1-3H3,(H,23,24)(H,25,27). The van der Waals surface area contributed by atoms with Crippen LogP contribution in [0.1, 0.15) is 28.4 Å². The number of hydrogen-bond donors (Lipinski definition) is 2. The highest BCUT2D eigenvalue weighted by atomic mass is 35.5. The molecular formula is C21H22ClN3O4S. The van der Waals surface area contributed by atoms with Crippen molar-refractivity contribution in [2.45, 2.75) is 24.6 Å². The van der Waals surface area contributed by atoms with Crippen molar-refractivity contribution in [3.05, 3.63) is 62.4 Å². The molecule has 0 amide bonds. The zero-order valence-electron chi connectivity index (χ0n) is 16.9. The van der Waals surface area contributed by atoms with E-state index in [2.05, 4.69) is 15.3 Å². The molecular weight excluding hydrogens is 426 g/mol. The number of pyridine rings is 2. The second-order valence-corrected chi connectivity index (χ2v) is 8.59. The van der Waals surface area contributed by atoms with Crippen molar-refractivity contribution in [1.82, 2.24) is 9.97 Å². The minimum absolute atomic E-state index is 0.104. The Bertz CT molecular complexity index is 1180.